The second kappa shape index (κ2) is 7.88. The van der Waals surface area contributed by atoms with Crippen molar-refractivity contribution in [3.05, 3.63) is 65.7 Å². The SMILES string of the molecule is C[C@H](NC(=O)c1ccc(B(O)O)cc1)c1ccccc1.S.[HH]. The minimum absolute atomic E-state index is 0. The van der Waals surface area contributed by atoms with Crippen LogP contribution in [0.25, 0.3) is 0 Å². The van der Waals surface area contributed by atoms with Crippen LogP contribution in [0.2, 0.25) is 0 Å². The molecular formula is C15H20BNO3S. The molecule has 0 aliphatic heterocycles. The van der Waals surface area contributed by atoms with Crippen LogP contribution in [0, 0.1) is 0 Å². The molecule has 0 aromatic heterocycles. The fourth-order valence-electron chi connectivity index (χ4n) is 1.91. The summed E-state index contributed by atoms with van der Waals surface area (Å²) in [5.74, 6) is -0.194. The molecule has 4 nitrogen and oxygen atoms in total. The van der Waals surface area contributed by atoms with Gasteiger partial charge in [-0.25, -0.2) is 0 Å². The third kappa shape index (κ3) is 4.63. The predicted octanol–water partition coefficient (Wildman–Crippen LogP) is 1.22. The molecule has 0 aliphatic carbocycles. The Labute approximate surface area is 132 Å². The molecular weight excluding hydrogens is 285 g/mol. The highest BCUT2D eigenvalue weighted by molar-refractivity contribution is 7.59. The number of carbonyl (C=O) groups excluding carboxylic acids is 1. The fourth-order valence-corrected chi connectivity index (χ4v) is 1.91. The van der Waals surface area contributed by atoms with Crippen molar-refractivity contribution in [2.75, 3.05) is 0 Å². The van der Waals surface area contributed by atoms with Crippen molar-refractivity contribution in [1.29, 1.82) is 0 Å². The molecule has 0 heterocycles. The molecule has 0 aliphatic rings. The maximum Gasteiger partial charge on any atom is 0.488 e. The molecule has 0 unspecified atom stereocenters. The van der Waals surface area contributed by atoms with Crippen LogP contribution in [0.5, 0.6) is 0 Å². The normalized spacial score (nSPS) is 11.2. The molecule has 2 aromatic rings. The van der Waals surface area contributed by atoms with E-state index in [4.69, 9.17) is 10.0 Å². The summed E-state index contributed by atoms with van der Waals surface area (Å²) in [7, 11) is -1.52. The van der Waals surface area contributed by atoms with Gasteiger partial charge in [0.05, 0.1) is 6.04 Å². The minimum Gasteiger partial charge on any atom is -0.423 e. The van der Waals surface area contributed by atoms with E-state index in [2.05, 4.69) is 5.32 Å². The van der Waals surface area contributed by atoms with E-state index in [0.717, 1.165) is 5.56 Å². The van der Waals surface area contributed by atoms with Crippen molar-refractivity contribution < 1.29 is 16.3 Å². The summed E-state index contributed by atoms with van der Waals surface area (Å²) in [6, 6.07) is 15.8. The van der Waals surface area contributed by atoms with Crippen LogP contribution in [0.4, 0.5) is 0 Å². The molecule has 0 bridgehead atoms. The van der Waals surface area contributed by atoms with Crippen molar-refractivity contribution in [3.63, 3.8) is 0 Å². The van der Waals surface area contributed by atoms with Gasteiger partial charge in [0.1, 0.15) is 0 Å². The number of rotatable bonds is 4. The van der Waals surface area contributed by atoms with E-state index in [0.29, 0.717) is 11.0 Å². The Balaban J connectivity index is 0.00000220. The van der Waals surface area contributed by atoms with Crippen molar-refractivity contribution >= 4 is 32.0 Å². The molecule has 2 aromatic carbocycles. The third-order valence-electron chi connectivity index (χ3n) is 3.12. The molecule has 0 radical (unpaired) electrons. The molecule has 1 atom stereocenters. The molecule has 0 fully saturated rings. The van der Waals surface area contributed by atoms with Crippen LogP contribution in [0.15, 0.2) is 54.6 Å². The smallest absolute Gasteiger partial charge is 0.423 e. The number of carbonyl (C=O) groups is 1. The Morgan fingerprint density at radius 3 is 2.19 bits per heavy atom. The van der Waals surface area contributed by atoms with Gasteiger partial charge in [-0.3, -0.25) is 4.79 Å². The Morgan fingerprint density at radius 2 is 1.67 bits per heavy atom. The molecule has 1 amide bonds. The summed E-state index contributed by atoms with van der Waals surface area (Å²) < 4.78 is 0. The third-order valence-corrected chi connectivity index (χ3v) is 3.12. The van der Waals surface area contributed by atoms with E-state index in [-0.39, 0.29) is 26.9 Å². The molecule has 0 spiro atoms. The van der Waals surface area contributed by atoms with Crippen molar-refractivity contribution in [2.24, 2.45) is 0 Å². The van der Waals surface area contributed by atoms with Gasteiger partial charge in [0.2, 0.25) is 0 Å². The molecule has 2 rings (SSSR count). The predicted molar refractivity (Wildman–Crippen MR) is 91.1 cm³/mol. The average molecular weight is 305 g/mol. The second-order valence-electron chi connectivity index (χ2n) is 4.60. The molecule has 0 saturated heterocycles. The van der Waals surface area contributed by atoms with E-state index < -0.39 is 7.12 Å². The van der Waals surface area contributed by atoms with E-state index in [1.807, 2.05) is 37.3 Å². The van der Waals surface area contributed by atoms with Crippen LogP contribution in [0.1, 0.15) is 30.3 Å². The van der Waals surface area contributed by atoms with Crippen LogP contribution in [-0.2, 0) is 0 Å². The lowest BCUT2D eigenvalue weighted by Gasteiger charge is -2.14. The first-order valence-electron chi connectivity index (χ1n) is 6.40. The summed E-state index contributed by atoms with van der Waals surface area (Å²) in [5, 5.41) is 20.9. The number of benzene rings is 2. The van der Waals surface area contributed by atoms with Crippen LogP contribution < -0.4 is 10.8 Å². The first-order valence-corrected chi connectivity index (χ1v) is 6.40. The lowest BCUT2D eigenvalue weighted by Crippen LogP contribution is -2.31. The second-order valence-corrected chi connectivity index (χ2v) is 4.60. The maximum atomic E-state index is 12.1. The summed E-state index contributed by atoms with van der Waals surface area (Å²) in [4.78, 5) is 12.1. The Bertz CT molecular complexity index is 581. The van der Waals surface area contributed by atoms with E-state index >= 15 is 0 Å². The summed E-state index contributed by atoms with van der Waals surface area (Å²) in [5.41, 5.74) is 1.87. The number of hydrogen-bond acceptors (Lipinski definition) is 3. The van der Waals surface area contributed by atoms with Gasteiger partial charge < -0.3 is 15.4 Å². The van der Waals surface area contributed by atoms with Crippen molar-refractivity contribution in [1.82, 2.24) is 5.32 Å². The quantitative estimate of drug-likeness (QED) is 0.744. The fraction of sp³-hybridized carbons (Fsp3) is 0.133. The van der Waals surface area contributed by atoms with E-state index in [1.54, 1.807) is 12.1 Å². The Kier molecular flexibility index (Phi) is 6.49. The maximum absolute atomic E-state index is 12.1. The highest BCUT2D eigenvalue weighted by atomic mass is 32.1. The van der Waals surface area contributed by atoms with E-state index in [9.17, 15) is 4.79 Å². The van der Waals surface area contributed by atoms with Gasteiger partial charge >= 0.3 is 7.12 Å². The van der Waals surface area contributed by atoms with Crippen molar-refractivity contribution in [3.8, 4) is 0 Å². The number of nitrogens with one attached hydrogen (secondary N) is 1. The topological polar surface area (TPSA) is 69.6 Å². The lowest BCUT2D eigenvalue weighted by atomic mass is 9.80. The molecule has 0 saturated carbocycles. The van der Waals surface area contributed by atoms with Gasteiger partial charge in [-0.05, 0) is 30.1 Å². The van der Waals surface area contributed by atoms with Crippen LogP contribution in [-0.4, -0.2) is 23.1 Å². The first kappa shape index (κ1) is 17.3. The van der Waals surface area contributed by atoms with Gasteiger partial charge in [-0.1, -0.05) is 42.5 Å². The Morgan fingerprint density at radius 1 is 1.10 bits per heavy atom. The zero-order chi connectivity index (χ0) is 14.5. The largest absolute Gasteiger partial charge is 0.488 e. The highest BCUT2D eigenvalue weighted by Crippen LogP contribution is 2.12. The van der Waals surface area contributed by atoms with Gasteiger partial charge in [-0.2, -0.15) is 13.5 Å². The lowest BCUT2D eigenvalue weighted by molar-refractivity contribution is 0.0940. The minimum atomic E-state index is -1.52. The van der Waals surface area contributed by atoms with E-state index in [1.165, 1.54) is 12.1 Å². The van der Waals surface area contributed by atoms with Gasteiger partial charge in [-0.15, -0.1) is 0 Å². The van der Waals surface area contributed by atoms with Crippen LogP contribution in [0.3, 0.4) is 0 Å². The zero-order valence-electron chi connectivity index (χ0n) is 11.7. The highest BCUT2D eigenvalue weighted by Gasteiger charge is 2.14. The molecule has 6 heteroatoms. The first-order chi connectivity index (χ1) is 9.58. The van der Waals surface area contributed by atoms with Gasteiger partial charge in [0.25, 0.3) is 5.91 Å². The summed E-state index contributed by atoms with van der Waals surface area (Å²) in [6.07, 6.45) is 0. The number of amides is 1. The monoisotopic (exact) mass is 305 g/mol. The average Bonchev–Trinajstić information content (AvgIpc) is 2.48. The summed E-state index contributed by atoms with van der Waals surface area (Å²) >= 11 is 0. The Hall–Kier alpha value is -1.76. The van der Waals surface area contributed by atoms with Crippen LogP contribution >= 0.6 is 13.5 Å². The summed E-state index contributed by atoms with van der Waals surface area (Å²) in [6.45, 7) is 1.92. The molecule has 21 heavy (non-hydrogen) atoms. The molecule has 3 N–H and O–H groups in total. The van der Waals surface area contributed by atoms with Crippen molar-refractivity contribution in [2.45, 2.75) is 13.0 Å². The van der Waals surface area contributed by atoms with Gasteiger partial charge in [0, 0.05) is 6.99 Å². The molecule has 112 valence electrons. The van der Waals surface area contributed by atoms with Gasteiger partial charge in [0.15, 0.2) is 0 Å². The number of hydrogen-bond donors (Lipinski definition) is 3. The zero-order valence-corrected chi connectivity index (χ0v) is 12.7. The standard InChI is InChI=1S/C15H16BNO3.H2S.H2/c1-11(12-5-3-2-4-6-12)17-15(18)13-7-9-14(10-8-13)16(19)20;;/h2-11,19-20H,1H3,(H,17,18);1H2;1H/t11-;;/m0../s1.